The SMILES string of the molecule is NC(=O)C[C@H](NC(=O)NCCC1=CCCCC1)C(=O)O. The Hall–Kier alpha value is -2.05. The van der Waals surface area contributed by atoms with Gasteiger partial charge >= 0.3 is 12.0 Å². The number of nitrogens with one attached hydrogen (secondary N) is 2. The molecule has 0 fully saturated rings. The predicted octanol–water partition coefficient (Wildman–Crippen LogP) is 0.505. The molecule has 1 atom stereocenters. The monoisotopic (exact) mass is 283 g/mol. The van der Waals surface area contributed by atoms with Crippen molar-refractivity contribution in [3.8, 4) is 0 Å². The number of nitrogens with two attached hydrogens (primary N) is 1. The van der Waals surface area contributed by atoms with Gasteiger partial charge in [0.2, 0.25) is 5.91 Å². The van der Waals surface area contributed by atoms with Gasteiger partial charge in [0.15, 0.2) is 0 Å². The fraction of sp³-hybridized carbons (Fsp3) is 0.615. The summed E-state index contributed by atoms with van der Waals surface area (Å²) in [5, 5.41) is 13.6. The standard InChI is InChI=1S/C13H21N3O4/c14-11(17)8-10(12(18)19)16-13(20)15-7-6-9-4-2-1-3-5-9/h4,10H,1-3,5-8H2,(H2,14,17)(H,18,19)(H2,15,16,20)/t10-/m0/s1. The molecule has 7 nitrogen and oxygen atoms in total. The highest BCUT2D eigenvalue weighted by atomic mass is 16.4. The van der Waals surface area contributed by atoms with Gasteiger partial charge in [-0.3, -0.25) is 4.79 Å². The van der Waals surface area contributed by atoms with E-state index in [1.807, 2.05) is 0 Å². The number of aliphatic carboxylic acids is 1. The van der Waals surface area contributed by atoms with Crippen LogP contribution in [0.1, 0.15) is 38.5 Å². The van der Waals surface area contributed by atoms with Crippen molar-refractivity contribution in [2.45, 2.75) is 44.6 Å². The Kier molecular flexibility index (Phi) is 6.55. The average molecular weight is 283 g/mol. The van der Waals surface area contributed by atoms with E-state index in [9.17, 15) is 14.4 Å². The lowest BCUT2D eigenvalue weighted by Crippen LogP contribution is -2.47. The molecule has 0 spiro atoms. The quantitative estimate of drug-likeness (QED) is 0.508. The number of carbonyl (C=O) groups excluding carboxylic acids is 2. The molecule has 0 bridgehead atoms. The molecule has 1 aliphatic rings. The van der Waals surface area contributed by atoms with E-state index < -0.39 is 30.4 Å². The second-order valence-electron chi connectivity index (χ2n) is 4.82. The van der Waals surface area contributed by atoms with Gasteiger partial charge in [0.25, 0.3) is 0 Å². The minimum absolute atomic E-state index is 0.423. The first-order chi connectivity index (χ1) is 9.49. The van der Waals surface area contributed by atoms with Gasteiger partial charge in [-0.05, 0) is 32.1 Å². The molecule has 0 aliphatic heterocycles. The van der Waals surface area contributed by atoms with Crippen LogP contribution in [0.15, 0.2) is 11.6 Å². The summed E-state index contributed by atoms with van der Waals surface area (Å²) in [4.78, 5) is 33.1. The smallest absolute Gasteiger partial charge is 0.326 e. The van der Waals surface area contributed by atoms with Crippen molar-refractivity contribution >= 4 is 17.9 Å². The molecule has 0 aromatic carbocycles. The molecule has 0 unspecified atom stereocenters. The fourth-order valence-corrected chi connectivity index (χ4v) is 2.08. The number of amides is 3. The number of carboxylic acid groups (broad SMARTS) is 1. The summed E-state index contributed by atoms with van der Waals surface area (Å²) in [6.45, 7) is 0.445. The number of rotatable bonds is 7. The summed E-state index contributed by atoms with van der Waals surface area (Å²) in [6, 6.07) is -1.89. The highest BCUT2D eigenvalue weighted by Crippen LogP contribution is 2.19. The lowest BCUT2D eigenvalue weighted by atomic mass is 9.97. The molecular weight excluding hydrogens is 262 g/mol. The van der Waals surface area contributed by atoms with Gasteiger partial charge in [0, 0.05) is 6.54 Å². The normalized spacial score (nSPS) is 15.9. The van der Waals surface area contributed by atoms with Crippen LogP contribution in [0.5, 0.6) is 0 Å². The number of hydrogen-bond acceptors (Lipinski definition) is 3. The molecule has 0 aromatic heterocycles. The minimum Gasteiger partial charge on any atom is -0.480 e. The molecule has 0 saturated carbocycles. The maximum absolute atomic E-state index is 11.5. The fourth-order valence-electron chi connectivity index (χ4n) is 2.08. The lowest BCUT2D eigenvalue weighted by Gasteiger charge is -2.15. The molecule has 5 N–H and O–H groups in total. The van der Waals surface area contributed by atoms with Crippen molar-refractivity contribution in [2.24, 2.45) is 5.73 Å². The van der Waals surface area contributed by atoms with Gasteiger partial charge in [-0.1, -0.05) is 11.6 Å². The van der Waals surface area contributed by atoms with E-state index >= 15 is 0 Å². The van der Waals surface area contributed by atoms with Crippen molar-refractivity contribution in [1.82, 2.24) is 10.6 Å². The maximum atomic E-state index is 11.5. The van der Waals surface area contributed by atoms with E-state index in [1.165, 1.54) is 18.4 Å². The number of allylic oxidation sites excluding steroid dienone is 1. The topological polar surface area (TPSA) is 122 Å². The number of urea groups is 1. The Morgan fingerprint density at radius 3 is 2.65 bits per heavy atom. The van der Waals surface area contributed by atoms with Crippen molar-refractivity contribution in [2.75, 3.05) is 6.54 Å². The molecule has 7 heteroatoms. The molecule has 1 aliphatic carbocycles. The molecule has 0 saturated heterocycles. The van der Waals surface area contributed by atoms with Crippen molar-refractivity contribution in [1.29, 1.82) is 0 Å². The molecule has 3 amide bonds. The second kappa shape index (κ2) is 8.19. The minimum atomic E-state index is -1.29. The maximum Gasteiger partial charge on any atom is 0.326 e. The van der Waals surface area contributed by atoms with Gasteiger partial charge in [-0.25, -0.2) is 9.59 Å². The van der Waals surface area contributed by atoms with Crippen molar-refractivity contribution in [3.63, 3.8) is 0 Å². The lowest BCUT2D eigenvalue weighted by molar-refractivity contribution is -0.140. The Labute approximate surface area is 117 Å². The third-order valence-electron chi connectivity index (χ3n) is 3.13. The van der Waals surface area contributed by atoms with Crippen LogP contribution in [0.4, 0.5) is 4.79 Å². The largest absolute Gasteiger partial charge is 0.480 e. The van der Waals surface area contributed by atoms with Crippen LogP contribution in [0.2, 0.25) is 0 Å². The number of hydrogen-bond donors (Lipinski definition) is 4. The summed E-state index contributed by atoms with van der Waals surface area (Å²) in [5.41, 5.74) is 6.25. The van der Waals surface area contributed by atoms with Crippen LogP contribution in [0, 0.1) is 0 Å². The molecule has 0 radical (unpaired) electrons. The van der Waals surface area contributed by atoms with Crippen LogP contribution in [-0.2, 0) is 9.59 Å². The van der Waals surface area contributed by atoms with Crippen molar-refractivity contribution < 1.29 is 19.5 Å². The summed E-state index contributed by atoms with van der Waals surface area (Å²) in [5.74, 6) is -2.06. The molecular formula is C13H21N3O4. The van der Waals surface area contributed by atoms with E-state index in [-0.39, 0.29) is 0 Å². The number of primary amides is 1. The Morgan fingerprint density at radius 1 is 1.35 bits per heavy atom. The summed E-state index contributed by atoms with van der Waals surface area (Å²) in [6.07, 6.45) is 7.07. The van der Waals surface area contributed by atoms with Crippen LogP contribution >= 0.6 is 0 Å². The first-order valence-electron chi connectivity index (χ1n) is 6.72. The number of carboxylic acids is 1. The molecule has 20 heavy (non-hydrogen) atoms. The Morgan fingerprint density at radius 2 is 2.10 bits per heavy atom. The van der Waals surface area contributed by atoms with E-state index in [2.05, 4.69) is 16.7 Å². The van der Waals surface area contributed by atoms with Crippen LogP contribution < -0.4 is 16.4 Å². The zero-order valence-electron chi connectivity index (χ0n) is 11.4. The third-order valence-corrected chi connectivity index (χ3v) is 3.13. The Balaban J connectivity index is 2.28. The average Bonchev–Trinajstić information content (AvgIpc) is 2.38. The zero-order valence-corrected chi connectivity index (χ0v) is 11.4. The highest BCUT2D eigenvalue weighted by Gasteiger charge is 2.21. The second-order valence-corrected chi connectivity index (χ2v) is 4.82. The van der Waals surface area contributed by atoms with Crippen LogP contribution in [0.3, 0.4) is 0 Å². The zero-order chi connectivity index (χ0) is 15.0. The van der Waals surface area contributed by atoms with E-state index in [4.69, 9.17) is 10.8 Å². The van der Waals surface area contributed by atoms with E-state index in [1.54, 1.807) is 0 Å². The summed E-state index contributed by atoms with van der Waals surface area (Å²) >= 11 is 0. The third kappa shape index (κ3) is 6.21. The summed E-state index contributed by atoms with van der Waals surface area (Å²) < 4.78 is 0. The molecule has 0 heterocycles. The first kappa shape index (κ1) is 16.0. The summed E-state index contributed by atoms with van der Waals surface area (Å²) in [7, 11) is 0. The Bertz CT molecular complexity index is 406. The molecule has 0 aromatic rings. The van der Waals surface area contributed by atoms with Gasteiger partial charge in [0.1, 0.15) is 6.04 Å². The van der Waals surface area contributed by atoms with Gasteiger partial charge in [0.05, 0.1) is 6.42 Å². The number of carbonyl (C=O) groups is 3. The predicted molar refractivity (Wildman–Crippen MR) is 72.9 cm³/mol. The van der Waals surface area contributed by atoms with Gasteiger partial charge < -0.3 is 21.5 Å². The highest BCUT2D eigenvalue weighted by molar-refractivity contribution is 5.87. The van der Waals surface area contributed by atoms with E-state index in [0.717, 1.165) is 19.3 Å². The van der Waals surface area contributed by atoms with Gasteiger partial charge in [-0.2, -0.15) is 0 Å². The molecule has 112 valence electrons. The molecule has 1 rings (SSSR count). The van der Waals surface area contributed by atoms with Crippen LogP contribution in [-0.4, -0.2) is 35.6 Å². The first-order valence-corrected chi connectivity index (χ1v) is 6.72. The van der Waals surface area contributed by atoms with Crippen molar-refractivity contribution in [3.05, 3.63) is 11.6 Å². The van der Waals surface area contributed by atoms with Crippen LogP contribution in [0.25, 0.3) is 0 Å². The van der Waals surface area contributed by atoms with Gasteiger partial charge in [-0.15, -0.1) is 0 Å². The van der Waals surface area contributed by atoms with E-state index in [0.29, 0.717) is 6.54 Å².